The molecule has 0 unspecified atom stereocenters. The predicted molar refractivity (Wildman–Crippen MR) is 82.5 cm³/mol. The highest BCUT2D eigenvalue weighted by molar-refractivity contribution is 5.92. The van der Waals surface area contributed by atoms with E-state index in [1.807, 2.05) is 0 Å². The molecule has 0 aliphatic heterocycles. The van der Waals surface area contributed by atoms with Gasteiger partial charge in [-0.25, -0.2) is 4.79 Å². The minimum absolute atomic E-state index is 0.00699. The number of ether oxygens (including phenoxy) is 1. The number of nitro groups is 3. The molecule has 0 fully saturated rings. The molecule has 0 atom stereocenters. The van der Waals surface area contributed by atoms with Crippen molar-refractivity contribution >= 4 is 23.0 Å². The second-order valence-corrected chi connectivity index (χ2v) is 4.84. The van der Waals surface area contributed by atoms with E-state index < -0.39 is 43.6 Å². The van der Waals surface area contributed by atoms with Crippen molar-refractivity contribution in [3.05, 3.63) is 77.9 Å². The van der Waals surface area contributed by atoms with E-state index in [0.29, 0.717) is 12.1 Å². The summed E-state index contributed by atoms with van der Waals surface area (Å²) in [7, 11) is 0. The van der Waals surface area contributed by atoms with Gasteiger partial charge in [-0.1, -0.05) is 17.7 Å². The molecule has 0 aliphatic rings. The third kappa shape index (κ3) is 3.72. The van der Waals surface area contributed by atoms with Crippen molar-refractivity contribution in [3.8, 4) is 5.75 Å². The predicted octanol–water partition coefficient (Wildman–Crippen LogP) is 2.94. The molecule has 0 bridgehead atoms. The zero-order valence-corrected chi connectivity index (χ0v) is 12.6. The van der Waals surface area contributed by atoms with E-state index in [9.17, 15) is 35.1 Å². The standard InChI is InChI=1S/C14H9N3O8/c1-8-2-4-9(5-3-8)14(18)25-13-11(16(21)22)6-10(15(19)20)7-12(13)17(23)24/h2-7H,1H3. The van der Waals surface area contributed by atoms with Gasteiger partial charge in [-0.2, -0.15) is 0 Å². The Morgan fingerprint density at radius 1 is 0.880 bits per heavy atom. The van der Waals surface area contributed by atoms with Crippen molar-refractivity contribution in [3.63, 3.8) is 0 Å². The maximum absolute atomic E-state index is 12.1. The summed E-state index contributed by atoms with van der Waals surface area (Å²) in [5.74, 6) is -2.04. The minimum atomic E-state index is -1.10. The maximum Gasteiger partial charge on any atom is 0.344 e. The number of nitro benzene ring substituents is 3. The fourth-order valence-electron chi connectivity index (χ4n) is 1.91. The van der Waals surface area contributed by atoms with Crippen LogP contribution in [0, 0.1) is 37.3 Å². The Hall–Kier alpha value is -3.89. The summed E-state index contributed by atoms with van der Waals surface area (Å²) in [6, 6.07) is 6.89. The quantitative estimate of drug-likeness (QED) is 0.346. The molecule has 0 amide bonds. The van der Waals surface area contributed by atoms with Crippen LogP contribution in [0.2, 0.25) is 0 Å². The van der Waals surface area contributed by atoms with Crippen molar-refractivity contribution in [1.29, 1.82) is 0 Å². The van der Waals surface area contributed by atoms with Crippen molar-refractivity contribution < 1.29 is 24.3 Å². The number of carbonyl (C=O) groups is 1. The van der Waals surface area contributed by atoms with Gasteiger partial charge >= 0.3 is 17.3 Å². The fraction of sp³-hybridized carbons (Fsp3) is 0.0714. The summed E-state index contributed by atoms with van der Waals surface area (Å²) in [5, 5.41) is 33.0. The fourth-order valence-corrected chi connectivity index (χ4v) is 1.91. The molecule has 0 saturated carbocycles. The second kappa shape index (κ2) is 6.70. The summed E-state index contributed by atoms with van der Waals surface area (Å²) < 4.78 is 4.82. The van der Waals surface area contributed by atoms with Gasteiger partial charge in [-0.15, -0.1) is 0 Å². The van der Waals surface area contributed by atoms with Crippen molar-refractivity contribution in [2.45, 2.75) is 6.92 Å². The molecular weight excluding hydrogens is 338 g/mol. The zero-order valence-electron chi connectivity index (χ0n) is 12.6. The monoisotopic (exact) mass is 347 g/mol. The Morgan fingerprint density at radius 3 is 1.76 bits per heavy atom. The first-order chi connectivity index (χ1) is 11.7. The van der Waals surface area contributed by atoms with Crippen LogP contribution in [0.5, 0.6) is 5.75 Å². The van der Waals surface area contributed by atoms with Crippen molar-refractivity contribution in [2.24, 2.45) is 0 Å². The number of carbonyl (C=O) groups excluding carboxylic acids is 1. The average Bonchev–Trinajstić information content (AvgIpc) is 2.54. The lowest BCUT2D eigenvalue weighted by atomic mass is 10.1. The smallest absolute Gasteiger partial charge is 0.344 e. The van der Waals surface area contributed by atoms with Crippen LogP contribution in [-0.2, 0) is 0 Å². The first-order valence-electron chi connectivity index (χ1n) is 6.60. The number of non-ortho nitro benzene ring substituents is 1. The highest BCUT2D eigenvalue weighted by Gasteiger charge is 2.33. The lowest BCUT2D eigenvalue weighted by molar-refractivity contribution is -0.404. The summed E-state index contributed by atoms with van der Waals surface area (Å²) >= 11 is 0. The number of esters is 1. The lowest BCUT2D eigenvalue weighted by Crippen LogP contribution is -2.11. The number of rotatable bonds is 5. The summed E-state index contributed by atoms with van der Waals surface area (Å²) in [5.41, 5.74) is -2.13. The normalized spacial score (nSPS) is 10.1. The summed E-state index contributed by atoms with van der Waals surface area (Å²) in [6.07, 6.45) is 0. The van der Waals surface area contributed by atoms with Gasteiger partial charge in [0.1, 0.15) is 0 Å². The van der Waals surface area contributed by atoms with E-state index in [1.54, 1.807) is 19.1 Å². The first kappa shape index (κ1) is 17.5. The molecule has 0 N–H and O–H groups in total. The number of aryl methyl sites for hydroxylation is 1. The Balaban J connectivity index is 2.56. The molecule has 2 aromatic carbocycles. The maximum atomic E-state index is 12.1. The van der Waals surface area contributed by atoms with Gasteiger partial charge in [-0.05, 0) is 19.1 Å². The minimum Gasteiger partial charge on any atom is -0.408 e. The van der Waals surface area contributed by atoms with Gasteiger partial charge in [0.05, 0.1) is 32.5 Å². The Bertz CT molecular complexity index is 856. The molecule has 11 heteroatoms. The van der Waals surface area contributed by atoms with Gasteiger partial charge in [-0.3, -0.25) is 30.3 Å². The number of hydrogen-bond acceptors (Lipinski definition) is 8. The number of nitrogens with zero attached hydrogens (tertiary/aromatic N) is 3. The third-order valence-corrected chi connectivity index (χ3v) is 3.12. The lowest BCUT2D eigenvalue weighted by Gasteiger charge is -2.06. The van der Waals surface area contributed by atoms with Crippen LogP contribution in [0.25, 0.3) is 0 Å². The Kier molecular flexibility index (Phi) is 4.68. The topological polar surface area (TPSA) is 156 Å². The van der Waals surface area contributed by atoms with Gasteiger partial charge in [0.2, 0.25) is 0 Å². The van der Waals surface area contributed by atoms with E-state index in [0.717, 1.165) is 5.56 Å². The molecule has 128 valence electrons. The van der Waals surface area contributed by atoms with E-state index >= 15 is 0 Å². The highest BCUT2D eigenvalue weighted by Crippen LogP contribution is 2.40. The molecule has 25 heavy (non-hydrogen) atoms. The van der Waals surface area contributed by atoms with Crippen LogP contribution >= 0.6 is 0 Å². The second-order valence-electron chi connectivity index (χ2n) is 4.84. The molecule has 0 spiro atoms. The van der Waals surface area contributed by atoms with Crippen LogP contribution in [0.3, 0.4) is 0 Å². The van der Waals surface area contributed by atoms with E-state index in [1.165, 1.54) is 12.1 Å². The summed E-state index contributed by atoms with van der Waals surface area (Å²) in [6.45, 7) is 1.77. The zero-order chi connectivity index (χ0) is 18.7. The molecule has 0 aromatic heterocycles. The molecule has 0 saturated heterocycles. The molecular formula is C14H9N3O8. The number of benzene rings is 2. The molecule has 2 aromatic rings. The highest BCUT2D eigenvalue weighted by atomic mass is 16.6. The molecule has 2 rings (SSSR count). The van der Waals surface area contributed by atoms with Crippen molar-refractivity contribution in [1.82, 2.24) is 0 Å². The average molecular weight is 347 g/mol. The van der Waals surface area contributed by atoms with Crippen LogP contribution < -0.4 is 4.74 Å². The molecule has 0 aliphatic carbocycles. The van der Waals surface area contributed by atoms with Crippen LogP contribution in [-0.4, -0.2) is 20.7 Å². The van der Waals surface area contributed by atoms with Gasteiger partial charge < -0.3 is 4.74 Å². The Labute approximate surface area is 138 Å². The number of hydrogen-bond donors (Lipinski definition) is 0. The van der Waals surface area contributed by atoms with Gasteiger partial charge in [0.15, 0.2) is 0 Å². The van der Waals surface area contributed by atoms with E-state index in [4.69, 9.17) is 4.74 Å². The third-order valence-electron chi connectivity index (χ3n) is 3.12. The van der Waals surface area contributed by atoms with Crippen LogP contribution in [0.4, 0.5) is 17.1 Å². The SMILES string of the molecule is Cc1ccc(C(=O)Oc2c([N+](=O)[O-])cc([N+](=O)[O-])cc2[N+](=O)[O-])cc1. The van der Waals surface area contributed by atoms with E-state index in [-0.39, 0.29) is 5.56 Å². The first-order valence-corrected chi connectivity index (χ1v) is 6.60. The molecule has 0 radical (unpaired) electrons. The largest absolute Gasteiger partial charge is 0.408 e. The van der Waals surface area contributed by atoms with Gasteiger partial charge in [0.25, 0.3) is 11.4 Å². The Morgan fingerprint density at radius 2 is 1.36 bits per heavy atom. The van der Waals surface area contributed by atoms with Crippen LogP contribution in [0.15, 0.2) is 36.4 Å². The van der Waals surface area contributed by atoms with Crippen molar-refractivity contribution in [2.75, 3.05) is 0 Å². The van der Waals surface area contributed by atoms with E-state index in [2.05, 4.69) is 0 Å². The van der Waals surface area contributed by atoms with Gasteiger partial charge in [0, 0.05) is 0 Å². The molecule has 11 nitrogen and oxygen atoms in total. The summed E-state index contributed by atoms with van der Waals surface area (Å²) in [4.78, 5) is 41.9. The molecule has 0 heterocycles. The van der Waals surface area contributed by atoms with Crippen LogP contribution in [0.1, 0.15) is 15.9 Å².